The lowest BCUT2D eigenvalue weighted by atomic mass is 9.81. The van der Waals surface area contributed by atoms with Crippen molar-refractivity contribution in [3.8, 4) is 11.5 Å². The maximum Gasteiger partial charge on any atom is 0.336 e. The van der Waals surface area contributed by atoms with Crippen LogP contribution in [0.3, 0.4) is 0 Å². The van der Waals surface area contributed by atoms with Crippen LogP contribution < -0.4 is 26.0 Å². The molecule has 1 N–H and O–H groups in total. The molecular formula is C20H23N3O6. The minimum atomic E-state index is -0.825. The standard InChI is InChI=1S/C20H23N3O6/c1-10-13(19(25)29-6)14(11-8-7-9-12(27-4)16(11)28-5)15-17(21-10)22(2)20(26)23(3)18(15)24/h7-9,14,21H,1-6H3. The molecule has 3 rings (SSSR count). The fourth-order valence-electron chi connectivity index (χ4n) is 3.72. The zero-order chi connectivity index (χ0) is 21.5. The molecule has 0 fully saturated rings. The molecule has 0 amide bonds. The van der Waals surface area contributed by atoms with Crippen molar-refractivity contribution in [2.24, 2.45) is 14.1 Å². The summed E-state index contributed by atoms with van der Waals surface area (Å²) in [5.41, 5.74) is 0.522. The van der Waals surface area contributed by atoms with Crippen LogP contribution in [-0.4, -0.2) is 36.4 Å². The van der Waals surface area contributed by atoms with E-state index in [9.17, 15) is 14.4 Å². The molecule has 2 aromatic rings. The van der Waals surface area contributed by atoms with Crippen LogP contribution in [0.25, 0.3) is 0 Å². The van der Waals surface area contributed by atoms with Crippen molar-refractivity contribution in [1.82, 2.24) is 9.13 Å². The highest BCUT2D eigenvalue weighted by molar-refractivity contribution is 5.94. The lowest BCUT2D eigenvalue weighted by Gasteiger charge is -2.31. The number of methoxy groups -OCH3 is 3. The Hall–Kier alpha value is -3.49. The fraction of sp³-hybridized carbons (Fsp3) is 0.350. The number of hydrogen-bond donors (Lipinski definition) is 1. The molecule has 1 atom stereocenters. The molecule has 154 valence electrons. The normalized spacial score (nSPS) is 15.4. The lowest BCUT2D eigenvalue weighted by molar-refractivity contribution is -0.136. The monoisotopic (exact) mass is 401 g/mol. The highest BCUT2D eigenvalue weighted by atomic mass is 16.5. The first kappa shape index (κ1) is 20.2. The molecule has 1 unspecified atom stereocenters. The molecule has 0 spiro atoms. The van der Waals surface area contributed by atoms with E-state index in [1.165, 1.54) is 32.9 Å². The molecule has 9 nitrogen and oxygen atoms in total. The average molecular weight is 401 g/mol. The van der Waals surface area contributed by atoms with E-state index in [1.807, 2.05) is 0 Å². The first-order valence-electron chi connectivity index (χ1n) is 8.85. The van der Waals surface area contributed by atoms with E-state index in [0.717, 1.165) is 4.57 Å². The van der Waals surface area contributed by atoms with Gasteiger partial charge in [0.15, 0.2) is 11.5 Å². The Morgan fingerprint density at radius 2 is 1.76 bits per heavy atom. The summed E-state index contributed by atoms with van der Waals surface area (Å²) >= 11 is 0. The van der Waals surface area contributed by atoms with Gasteiger partial charge in [0.1, 0.15) is 5.82 Å². The van der Waals surface area contributed by atoms with Gasteiger partial charge < -0.3 is 19.5 Å². The second kappa shape index (κ2) is 7.50. The highest BCUT2D eigenvalue weighted by Gasteiger charge is 2.39. The largest absolute Gasteiger partial charge is 0.493 e. The SMILES string of the molecule is COC(=O)C1=C(C)Nc2c(c(=O)n(C)c(=O)n2C)C1c1cccc(OC)c1OC. The van der Waals surface area contributed by atoms with Crippen LogP contribution >= 0.6 is 0 Å². The molecule has 1 aliphatic rings. The summed E-state index contributed by atoms with van der Waals surface area (Å²) < 4.78 is 18.3. The van der Waals surface area contributed by atoms with Crippen molar-refractivity contribution < 1.29 is 19.0 Å². The van der Waals surface area contributed by atoms with Crippen molar-refractivity contribution >= 4 is 11.8 Å². The Morgan fingerprint density at radius 1 is 1.07 bits per heavy atom. The third kappa shape index (κ3) is 2.98. The Labute approximate surface area is 167 Å². The van der Waals surface area contributed by atoms with Crippen molar-refractivity contribution in [3.63, 3.8) is 0 Å². The molecule has 1 aliphatic heterocycles. The van der Waals surface area contributed by atoms with Gasteiger partial charge in [-0.15, -0.1) is 0 Å². The summed E-state index contributed by atoms with van der Waals surface area (Å²) in [6, 6.07) is 5.22. The lowest BCUT2D eigenvalue weighted by Crippen LogP contribution is -2.43. The van der Waals surface area contributed by atoms with Gasteiger partial charge in [-0.05, 0) is 13.0 Å². The summed E-state index contributed by atoms with van der Waals surface area (Å²) in [4.78, 5) is 38.3. The zero-order valence-electron chi connectivity index (χ0n) is 17.2. The molecule has 0 saturated carbocycles. The smallest absolute Gasteiger partial charge is 0.336 e. The predicted octanol–water partition coefficient (Wildman–Crippen LogP) is 1.11. The molecule has 0 saturated heterocycles. The van der Waals surface area contributed by atoms with Gasteiger partial charge in [-0.2, -0.15) is 0 Å². The average Bonchev–Trinajstić information content (AvgIpc) is 2.73. The molecular weight excluding hydrogens is 378 g/mol. The van der Waals surface area contributed by atoms with Crippen molar-refractivity contribution in [2.45, 2.75) is 12.8 Å². The summed E-state index contributed by atoms with van der Waals surface area (Å²) in [6.07, 6.45) is 0. The number of fused-ring (bicyclic) bond motifs is 1. The molecule has 0 bridgehead atoms. The van der Waals surface area contributed by atoms with E-state index in [-0.39, 0.29) is 11.1 Å². The van der Waals surface area contributed by atoms with E-state index >= 15 is 0 Å². The van der Waals surface area contributed by atoms with E-state index in [0.29, 0.717) is 28.6 Å². The Balaban J connectivity index is 2.48. The van der Waals surface area contributed by atoms with Gasteiger partial charge in [-0.1, -0.05) is 12.1 Å². The van der Waals surface area contributed by atoms with Gasteiger partial charge in [-0.25, -0.2) is 9.59 Å². The second-order valence-corrected chi connectivity index (χ2v) is 6.64. The van der Waals surface area contributed by atoms with E-state index in [1.54, 1.807) is 32.2 Å². The number of benzene rings is 1. The van der Waals surface area contributed by atoms with Gasteiger partial charge in [-0.3, -0.25) is 13.9 Å². The number of aromatic nitrogens is 2. The third-order valence-corrected chi connectivity index (χ3v) is 5.14. The van der Waals surface area contributed by atoms with Crippen LogP contribution in [0, 0.1) is 0 Å². The van der Waals surface area contributed by atoms with E-state index < -0.39 is 23.1 Å². The number of anilines is 1. The number of carbonyl (C=O) groups is 1. The number of carbonyl (C=O) groups excluding carboxylic acids is 1. The summed E-state index contributed by atoms with van der Waals surface area (Å²) in [5, 5.41) is 3.02. The van der Waals surface area contributed by atoms with Crippen LogP contribution in [0.15, 0.2) is 39.1 Å². The minimum absolute atomic E-state index is 0.243. The maximum absolute atomic E-state index is 13.2. The van der Waals surface area contributed by atoms with Crippen LogP contribution in [0.1, 0.15) is 24.0 Å². The van der Waals surface area contributed by atoms with Crippen LogP contribution in [0.5, 0.6) is 11.5 Å². The molecule has 0 aliphatic carbocycles. The molecule has 0 radical (unpaired) electrons. The zero-order valence-corrected chi connectivity index (χ0v) is 17.2. The molecule has 1 aromatic heterocycles. The van der Waals surface area contributed by atoms with E-state index in [4.69, 9.17) is 14.2 Å². The molecule has 9 heteroatoms. The van der Waals surface area contributed by atoms with E-state index in [2.05, 4.69) is 5.32 Å². The Kier molecular flexibility index (Phi) is 5.23. The topological polar surface area (TPSA) is 101 Å². The number of nitrogens with zero attached hydrogens (tertiary/aromatic N) is 2. The Bertz CT molecular complexity index is 1140. The molecule has 1 aromatic carbocycles. The maximum atomic E-state index is 13.2. The Morgan fingerprint density at radius 3 is 2.34 bits per heavy atom. The quantitative estimate of drug-likeness (QED) is 0.766. The third-order valence-electron chi connectivity index (χ3n) is 5.14. The molecule has 29 heavy (non-hydrogen) atoms. The van der Waals surface area contributed by atoms with Gasteiger partial charge in [0.25, 0.3) is 5.56 Å². The number of nitrogens with one attached hydrogen (secondary N) is 1. The van der Waals surface area contributed by atoms with Crippen molar-refractivity contribution in [1.29, 1.82) is 0 Å². The molecule has 2 heterocycles. The number of esters is 1. The number of rotatable bonds is 4. The van der Waals surface area contributed by atoms with Gasteiger partial charge in [0.05, 0.1) is 38.4 Å². The minimum Gasteiger partial charge on any atom is -0.493 e. The number of para-hydroxylation sites is 1. The predicted molar refractivity (Wildman–Crippen MR) is 107 cm³/mol. The first-order chi connectivity index (χ1) is 13.8. The summed E-state index contributed by atoms with van der Waals surface area (Å²) in [7, 11) is 7.22. The summed E-state index contributed by atoms with van der Waals surface area (Å²) in [5.74, 6) is -0.259. The second-order valence-electron chi connectivity index (χ2n) is 6.64. The van der Waals surface area contributed by atoms with Crippen LogP contribution in [0.4, 0.5) is 5.82 Å². The highest BCUT2D eigenvalue weighted by Crippen LogP contribution is 2.45. The van der Waals surface area contributed by atoms with Crippen molar-refractivity contribution in [2.75, 3.05) is 26.6 Å². The number of hydrogen-bond acceptors (Lipinski definition) is 7. The fourth-order valence-corrected chi connectivity index (χ4v) is 3.72. The van der Waals surface area contributed by atoms with Gasteiger partial charge in [0.2, 0.25) is 0 Å². The van der Waals surface area contributed by atoms with Crippen molar-refractivity contribution in [3.05, 3.63) is 61.4 Å². The summed E-state index contributed by atoms with van der Waals surface area (Å²) in [6.45, 7) is 1.69. The van der Waals surface area contributed by atoms with Gasteiger partial charge >= 0.3 is 11.7 Å². The number of allylic oxidation sites excluding steroid dienone is 1. The first-order valence-corrected chi connectivity index (χ1v) is 8.85. The van der Waals surface area contributed by atoms with Crippen LogP contribution in [0.2, 0.25) is 0 Å². The van der Waals surface area contributed by atoms with Crippen LogP contribution in [-0.2, 0) is 23.6 Å². The number of ether oxygens (including phenoxy) is 3. The van der Waals surface area contributed by atoms with Gasteiger partial charge in [0, 0.05) is 25.4 Å².